The van der Waals surface area contributed by atoms with Crippen molar-refractivity contribution in [3.63, 3.8) is 0 Å². The van der Waals surface area contributed by atoms with Crippen molar-refractivity contribution < 1.29 is 9.59 Å². The first-order valence-electron chi connectivity index (χ1n) is 5.68. The molecule has 0 saturated carbocycles. The van der Waals surface area contributed by atoms with Gasteiger partial charge in [0.2, 0.25) is 5.91 Å². The van der Waals surface area contributed by atoms with Crippen LogP contribution in [0.1, 0.15) is 18.9 Å². The van der Waals surface area contributed by atoms with Crippen LogP contribution in [0.5, 0.6) is 0 Å². The van der Waals surface area contributed by atoms with E-state index in [9.17, 15) is 9.59 Å². The van der Waals surface area contributed by atoms with Crippen LogP contribution in [0.15, 0.2) is 18.2 Å². The van der Waals surface area contributed by atoms with Crippen molar-refractivity contribution in [2.75, 3.05) is 11.4 Å². The minimum atomic E-state index is -0.0506. The Kier molecular flexibility index (Phi) is 4.13. The molecule has 0 bridgehead atoms. The summed E-state index contributed by atoms with van der Waals surface area (Å²) in [4.78, 5) is 24.6. The highest BCUT2D eigenvalue weighted by Crippen LogP contribution is 2.33. The number of hydrogen-bond acceptors (Lipinski definition) is 4. The maximum absolute atomic E-state index is 12.0. The fourth-order valence-corrected chi connectivity index (χ4v) is 3.22. The zero-order valence-electron chi connectivity index (χ0n) is 10.2. The van der Waals surface area contributed by atoms with Gasteiger partial charge in [-0.05, 0) is 18.2 Å². The van der Waals surface area contributed by atoms with E-state index in [0.717, 1.165) is 0 Å². The first kappa shape index (κ1) is 13.9. The van der Waals surface area contributed by atoms with Crippen molar-refractivity contribution in [2.24, 2.45) is 0 Å². The number of carbonyl (C=O) groups is 2. The van der Waals surface area contributed by atoms with Gasteiger partial charge in [0.15, 0.2) is 5.12 Å². The number of anilines is 1. The fourth-order valence-electron chi connectivity index (χ4n) is 2.02. The third kappa shape index (κ3) is 3.09. The summed E-state index contributed by atoms with van der Waals surface area (Å²) >= 11 is 7.27. The van der Waals surface area contributed by atoms with Gasteiger partial charge in [-0.3, -0.25) is 9.59 Å². The molecule has 6 heteroatoms. The lowest BCUT2D eigenvalue weighted by Crippen LogP contribution is -2.25. The summed E-state index contributed by atoms with van der Waals surface area (Å²) in [6.07, 6.45) is 0.334. The normalized spacial score (nSPS) is 18.5. The van der Waals surface area contributed by atoms with E-state index >= 15 is 0 Å². The monoisotopic (exact) mass is 294 g/mol. The second-order valence-corrected chi connectivity index (χ2v) is 6.10. The lowest BCUT2D eigenvalue weighted by molar-refractivity contribution is -0.117. The number of amides is 1. The molecule has 0 aliphatic carbocycles. The number of halogens is 1. The first-order valence-corrected chi connectivity index (χ1v) is 6.94. The van der Waals surface area contributed by atoms with E-state index in [1.54, 1.807) is 17.0 Å². The summed E-state index contributed by atoms with van der Waals surface area (Å²) in [5.41, 5.74) is 1.05. The van der Waals surface area contributed by atoms with E-state index < -0.39 is 0 Å². The highest BCUT2D eigenvalue weighted by atomic mass is 35.5. The molecule has 0 spiro atoms. The smallest absolute Gasteiger partial charge is 0.228 e. The molecular formula is C13H11ClN2O2S. The van der Waals surface area contributed by atoms with Gasteiger partial charge < -0.3 is 4.90 Å². The molecule has 1 aromatic rings. The highest BCUT2D eigenvalue weighted by Gasteiger charge is 2.32. The van der Waals surface area contributed by atoms with E-state index in [1.165, 1.54) is 24.8 Å². The Morgan fingerprint density at radius 3 is 2.89 bits per heavy atom. The van der Waals surface area contributed by atoms with Gasteiger partial charge in [-0.25, -0.2) is 0 Å². The maximum Gasteiger partial charge on any atom is 0.228 e. The molecule has 98 valence electrons. The van der Waals surface area contributed by atoms with E-state index in [-0.39, 0.29) is 16.3 Å². The van der Waals surface area contributed by atoms with Gasteiger partial charge >= 0.3 is 0 Å². The Hall–Kier alpha value is -1.51. The standard InChI is InChI=1S/C13H11ClN2O2S/c1-8(17)19-10-5-13(18)16(7-10)12-3-2-9(6-15)4-11(12)14/h2-4,10H,5,7H2,1H3. The van der Waals surface area contributed by atoms with Gasteiger partial charge in [0.1, 0.15) is 0 Å². The second-order valence-electron chi connectivity index (χ2n) is 4.22. The number of rotatable bonds is 2. The summed E-state index contributed by atoms with van der Waals surface area (Å²) in [5, 5.41) is 9.13. The quantitative estimate of drug-likeness (QED) is 0.841. The van der Waals surface area contributed by atoms with Crippen molar-refractivity contribution in [3.05, 3.63) is 28.8 Å². The van der Waals surface area contributed by atoms with Crippen LogP contribution in [0.25, 0.3) is 0 Å². The average Bonchev–Trinajstić information content (AvgIpc) is 2.69. The molecule has 0 radical (unpaired) electrons. The predicted molar refractivity (Wildman–Crippen MR) is 75.2 cm³/mol. The van der Waals surface area contributed by atoms with Crippen molar-refractivity contribution in [2.45, 2.75) is 18.6 Å². The lowest BCUT2D eigenvalue weighted by atomic mass is 10.2. The van der Waals surface area contributed by atoms with E-state index in [2.05, 4.69) is 0 Å². The van der Waals surface area contributed by atoms with Gasteiger partial charge in [0, 0.05) is 25.1 Å². The van der Waals surface area contributed by atoms with Crippen LogP contribution in [0.3, 0.4) is 0 Å². The van der Waals surface area contributed by atoms with Crippen LogP contribution in [-0.4, -0.2) is 22.8 Å². The van der Waals surface area contributed by atoms with Gasteiger partial charge in [0.05, 0.1) is 22.3 Å². The van der Waals surface area contributed by atoms with Crippen LogP contribution in [0, 0.1) is 11.3 Å². The minimum absolute atomic E-state index is 0.00516. The molecule has 1 fully saturated rings. The summed E-state index contributed by atoms with van der Waals surface area (Å²) < 4.78 is 0. The molecule has 1 heterocycles. The topological polar surface area (TPSA) is 61.2 Å². The summed E-state index contributed by atoms with van der Waals surface area (Å²) in [5.74, 6) is -0.0506. The Bertz CT molecular complexity index is 582. The maximum atomic E-state index is 12.0. The lowest BCUT2D eigenvalue weighted by Gasteiger charge is -2.18. The van der Waals surface area contributed by atoms with Crippen molar-refractivity contribution >= 4 is 40.1 Å². The summed E-state index contributed by atoms with van der Waals surface area (Å²) in [6, 6.07) is 6.82. The van der Waals surface area contributed by atoms with Crippen molar-refractivity contribution in [1.82, 2.24) is 0 Å². The minimum Gasteiger partial charge on any atom is -0.310 e. The number of nitriles is 1. The third-order valence-corrected chi connectivity index (χ3v) is 4.07. The molecule has 1 unspecified atom stereocenters. The van der Waals surface area contributed by atoms with E-state index in [4.69, 9.17) is 16.9 Å². The Labute approximate surface area is 120 Å². The first-order chi connectivity index (χ1) is 9.01. The number of hydrogen-bond donors (Lipinski definition) is 0. The second kappa shape index (κ2) is 5.64. The molecular weight excluding hydrogens is 284 g/mol. The summed E-state index contributed by atoms with van der Waals surface area (Å²) in [6.45, 7) is 1.96. The molecule has 0 aromatic heterocycles. The zero-order valence-corrected chi connectivity index (χ0v) is 11.8. The van der Waals surface area contributed by atoms with Crippen LogP contribution in [-0.2, 0) is 9.59 Å². The van der Waals surface area contributed by atoms with Crippen LogP contribution >= 0.6 is 23.4 Å². The molecule has 1 saturated heterocycles. The highest BCUT2D eigenvalue weighted by molar-refractivity contribution is 8.14. The van der Waals surface area contributed by atoms with Crippen molar-refractivity contribution in [3.8, 4) is 6.07 Å². The molecule has 19 heavy (non-hydrogen) atoms. The molecule has 2 rings (SSSR count). The van der Waals surface area contributed by atoms with Crippen LogP contribution in [0.4, 0.5) is 5.69 Å². The number of nitrogens with zero attached hydrogens (tertiary/aromatic N) is 2. The molecule has 1 amide bonds. The zero-order chi connectivity index (χ0) is 14.0. The molecule has 1 aliphatic rings. The van der Waals surface area contributed by atoms with Gasteiger partial charge in [-0.2, -0.15) is 5.26 Å². The van der Waals surface area contributed by atoms with Crippen molar-refractivity contribution in [1.29, 1.82) is 5.26 Å². The summed E-state index contributed by atoms with van der Waals surface area (Å²) in [7, 11) is 0. The van der Waals surface area contributed by atoms with Gasteiger partial charge in [-0.15, -0.1) is 0 Å². The number of benzene rings is 1. The van der Waals surface area contributed by atoms with Gasteiger partial charge in [-0.1, -0.05) is 23.4 Å². The predicted octanol–water partition coefficient (Wildman–Crippen LogP) is 2.60. The number of carbonyl (C=O) groups excluding carboxylic acids is 2. The van der Waals surface area contributed by atoms with Gasteiger partial charge in [0.25, 0.3) is 0 Å². The fraction of sp³-hybridized carbons (Fsp3) is 0.308. The Morgan fingerprint density at radius 1 is 1.58 bits per heavy atom. The van der Waals surface area contributed by atoms with E-state index in [1.807, 2.05) is 6.07 Å². The van der Waals surface area contributed by atoms with E-state index in [0.29, 0.717) is 29.2 Å². The average molecular weight is 295 g/mol. The Balaban J connectivity index is 2.21. The molecule has 0 N–H and O–H groups in total. The molecule has 4 nitrogen and oxygen atoms in total. The molecule has 1 aromatic carbocycles. The third-order valence-electron chi connectivity index (χ3n) is 2.79. The van der Waals surface area contributed by atoms with Crippen LogP contribution in [0.2, 0.25) is 5.02 Å². The molecule has 1 atom stereocenters. The SMILES string of the molecule is CC(=O)SC1CC(=O)N(c2ccc(C#N)cc2Cl)C1. The largest absolute Gasteiger partial charge is 0.310 e. The Morgan fingerprint density at radius 2 is 2.32 bits per heavy atom. The number of thioether (sulfide) groups is 1. The molecule has 1 aliphatic heterocycles. The van der Waals surface area contributed by atoms with Crippen LogP contribution < -0.4 is 4.90 Å².